The fourth-order valence-corrected chi connectivity index (χ4v) is 8.16. The number of phenolic OH excluding ortho intramolecular Hbond substituents is 1. The van der Waals surface area contributed by atoms with Gasteiger partial charge in [0, 0.05) is 33.8 Å². The van der Waals surface area contributed by atoms with Gasteiger partial charge in [0.1, 0.15) is 22.8 Å². The van der Waals surface area contributed by atoms with Gasteiger partial charge in [0.15, 0.2) is 23.0 Å². The summed E-state index contributed by atoms with van der Waals surface area (Å²) in [5.41, 5.74) is -3.68. The van der Waals surface area contributed by atoms with E-state index in [4.69, 9.17) is 0 Å². The lowest BCUT2D eigenvalue weighted by atomic mass is 9.43. The largest absolute Gasteiger partial charge is 0.508 e. The molecule has 5 rings (SSSR count). The van der Waals surface area contributed by atoms with Crippen LogP contribution < -0.4 is 0 Å². The van der Waals surface area contributed by atoms with Crippen LogP contribution in [0.2, 0.25) is 0 Å². The Morgan fingerprint density at radius 1 is 0.977 bits per heavy atom. The predicted molar refractivity (Wildman–Crippen MR) is 160 cm³/mol. The highest BCUT2D eigenvalue weighted by atomic mass is 16.3. The molecule has 0 spiro atoms. The van der Waals surface area contributed by atoms with Crippen molar-refractivity contribution in [1.29, 1.82) is 0 Å². The van der Waals surface area contributed by atoms with E-state index in [1.54, 1.807) is 52.0 Å². The molecule has 8 nitrogen and oxygen atoms in total. The van der Waals surface area contributed by atoms with Crippen LogP contribution in [-0.2, 0) is 20.8 Å². The number of Topliss-reactive ketones (excluding diaryl/α,β-unsaturated/α-hetero) is 4. The van der Waals surface area contributed by atoms with Gasteiger partial charge in [0.25, 0.3) is 0 Å². The van der Waals surface area contributed by atoms with Crippen molar-refractivity contribution in [1.82, 2.24) is 0 Å². The van der Waals surface area contributed by atoms with Gasteiger partial charge in [0.2, 0.25) is 5.78 Å². The van der Waals surface area contributed by atoms with Gasteiger partial charge in [-0.05, 0) is 54.5 Å². The number of aliphatic hydroxyl groups excluding tert-OH is 2. The first-order chi connectivity index (χ1) is 19.9. The molecule has 1 fully saturated rings. The molecule has 226 valence electrons. The molecule has 4 N–H and O–H groups in total. The predicted octanol–water partition coefficient (Wildman–Crippen LogP) is 5.70. The maximum Gasteiger partial charge on any atom is 0.203 e. The maximum atomic E-state index is 14.4. The molecule has 43 heavy (non-hydrogen) atoms. The summed E-state index contributed by atoms with van der Waals surface area (Å²) in [4.78, 5) is 53.4. The standard InChI is InChI=1S/C35H38O8/c1-16(2)26-29(39)24(18(5)36)31(41)35(43)32(42)27-30(40)25-22(14-33(27,6)15-34(26,35)7)21(11-12-23(25)37)19-9-8-10-20(13-19)28(38)17(3)4/h8-13,16-17,26,37,40-41,43H,14-15H2,1-7H3/t26?,33-,34-,35+/m1/s1. The molecule has 2 aromatic carbocycles. The van der Waals surface area contributed by atoms with Crippen LogP contribution in [0.4, 0.5) is 0 Å². The number of phenols is 1. The first kappa shape index (κ1) is 30.4. The Kier molecular flexibility index (Phi) is 6.89. The summed E-state index contributed by atoms with van der Waals surface area (Å²) in [6.45, 7) is 11.6. The van der Waals surface area contributed by atoms with E-state index in [1.807, 2.05) is 19.9 Å². The average Bonchev–Trinajstić information content (AvgIpc) is 2.90. The van der Waals surface area contributed by atoms with Crippen LogP contribution in [0.5, 0.6) is 5.75 Å². The van der Waals surface area contributed by atoms with Crippen molar-refractivity contribution < 1.29 is 39.6 Å². The molecule has 3 aliphatic carbocycles. The summed E-state index contributed by atoms with van der Waals surface area (Å²) < 4.78 is 0. The van der Waals surface area contributed by atoms with Gasteiger partial charge in [-0.15, -0.1) is 0 Å². The van der Waals surface area contributed by atoms with Gasteiger partial charge in [0.05, 0.1) is 5.56 Å². The van der Waals surface area contributed by atoms with E-state index in [1.165, 1.54) is 6.07 Å². The summed E-state index contributed by atoms with van der Waals surface area (Å²) in [5.74, 6) is -5.84. The third-order valence-electron chi connectivity index (χ3n) is 9.87. The zero-order chi connectivity index (χ0) is 32.0. The molecular formula is C35H38O8. The SMILES string of the molecule is CC(=O)C1=C(O)[C@]2(O)C(=O)C3=C(O)c4c(O)ccc(-c5cccc(C(=O)C(C)C)c5)c4C[C@]3(C)C[C@]2(C)C(C(C)C)C1=O. The Balaban J connectivity index is 1.79. The minimum absolute atomic E-state index is 0.00583. The molecule has 3 aliphatic rings. The Morgan fingerprint density at radius 3 is 2.21 bits per heavy atom. The van der Waals surface area contributed by atoms with E-state index in [0.717, 1.165) is 6.92 Å². The van der Waals surface area contributed by atoms with Gasteiger partial charge in [-0.25, -0.2) is 0 Å². The Bertz CT molecular complexity index is 1690. The van der Waals surface area contributed by atoms with Gasteiger partial charge in [-0.3, -0.25) is 19.2 Å². The number of hydrogen-bond acceptors (Lipinski definition) is 8. The zero-order valence-electron chi connectivity index (χ0n) is 25.5. The summed E-state index contributed by atoms with van der Waals surface area (Å²) in [7, 11) is 0. The van der Waals surface area contributed by atoms with E-state index in [0.29, 0.717) is 22.3 Å². The number of aliphatic hydroxyl groups is 3. The van der Waals surface area contributed by atoms with Crippen LogP contribution in [0.15, 0.2) is 53.3 Å². The molecule has 1 unspecified atom stereocenters. The number of carbonyl (C=O) groups is 4. The Labute approximate surface area is 250 Å². The van der Waals surface area contributed by atoms with Gasteiger partial charge >= 0.3 is 0 Å². The molecule has 0 radical (unpaired) electrons. The lowest BCUT2D eigenvalue weighted by Crippen LogP contribution is -2.69. The molecule has 1 saturated carbocycles. The Morgan fingerprint density at radius 2 is 1.63 bits per heavy atom. The van der Waals surface area contributed by atoms with Crippen molar-refractivity contribution in [2.45, 2.75) is 66.9 Å². The number of ketones is 4. The van der Waals surface area contributed by atoms with E-state index in [-0.39, 0.29) is 41.4 Å². The molecule has 0 amide bonds. The van der Waals surface area contributed by atoms with E-state index >= 15 is 0 Å². The van der Waals surface area contributed by atoms with Crippen molar-refractivity contribution in [2.75, 3.05) is 0 Å². The number of hydrogen-bond donors (Lipinski definition) is 4. The second-order valence-electron chi connectivity index (χ2n) is 13.5. The van der Waals surface area contributed by atoms with Gasteiger partial charge in [-0.1, -0.05) is 65.8 Å². The van der Waals surface area contributed by atoms with Gasteiger partial charge < -0.3 is 20.4 Å². The third-order valence-corrected chi connectivity index (χ3v) is 9.87. The smallest absolute Gasteiger partial charge is 0.203 e. The first-order valence-corrected chi connectivity index (χ1v) is 14.6. The normalized spacial score (nSPS) is 28.7. The van der Waals surface area contributed by atoms with Crippen molar-refractivity contribution in [3.8, 4) is 16.9 Å². The van der Waals surface area contributed by atoms with Crippen molar-refractivity contribution in [3.05, 3.63) is 70.0 Å². The van der Waals surface area contributed by atoms with E-state index in [2.05, 4.69) is 0 Å². The quantitative estimate of drug-likeness (QED) is 0.258. The van der Waals surface area contributed by atoms with Crippen LogP contribution in [0.3, 0.4) is 0 Å². The fraction of sp³-hybridized carbons (Fsp3) is 0.429. The molecule has 0 bridgehead atoms. The number of allylic oxidation sites excluding steroid dienone is 1. The van der Waals surface area contributed by atoms with Crippen molar-refractivity contribution in [2.24, 2.45) is 28.6 Å². The topological polar surface area (TPSA) is 149 Å². The lowest BCUT2D eigenvalue weighted by molar-refractivity contribution is -0.178. The maximum absolute atomic E-state index is 14.4. The molecule has 0 heterocycles. The molecule has 0 saturated heterocycles. The van der Waals surface area contributed by atoms with Crippen LogP contribution in [-0.4, -0.2) is 49.2 Å². The second-order valence-corrected chi connectivity index (χ2v) is 13.5. The highest BCUT2D eigenvalue weighted by Gasteiger charge is 2.72. The summed E-state index contributed by atoms with van der Waals surface area (Å²) in [6, 6.07) is 10.2. The fourth-order valence-electron chi connectivity index (χ4n) is 8.16. The van der Waals surface area contributed by atoms with E-state index in [9.17, 15) is 39.6 Å². The molecule has 8 heteroatoms. The monoisotopic (exact) mass is 586 g/mol. The van der Waals surface area contributed by atoms with Crippen molar-refractivity contribution >= 4 is 28.9 Å². The summed E-state index contributed by atoms with van der Waals surface area (Å²) >= 11 is 0. The first-order valence-electron chi connectivity index (χ1n) is 14.6. The zero-order valence-corrected chi connectivity index (χ0v) is 25.5. The minimum Gasteiger partial charge on any atom is -0.508 e. The minimum atomic E-state index is -2.66. The second kappa shape index (κ2) is 9.74. The van der Waals surface area contributed by atoms with Crippen LogP contribution in [0, 0.1) is 28.6 Å². The van der Waals surface area contributed by atoms with E-state index < -0.39 is 62.7 Å². The number of aromatic hydroxyl groups is 1. The van der Waals surface area contributed by atoms with Gasteiger partial charge in [-0.2, -0.15) is 0 Å². The van der Waals surface area contributed by atoms with Crippen LogP contribution in [0.25, 0.3) is 16.9 Å². The molecule has 0 aliphatic heterocycles. The molecule has 4 atom stereocenters. The number of rotatable bonds is 5. The highest BCUT2D eigenvalue weighted by Crippen LogP contribution is 2.65. The molecular weight excluding hydrogens is 548 g/mol. The summed E-state index contributed by atoms with van der Waals surface area (Å²) in [6.07, 6.45) is 0.153. The number of fused-ring (bicyclic) bond motifs is 3. The Hall–Kier alpha value is -4.04. The third kappa shape index (κ3) is 3.99. The lowest BCUT2D eigenvalue weighted by Gasteiger charge is -2.59. The molecule has 2 aromatic rings. The summed E-state index contributed by atoms with van der Waals surface area (Å²) in [5, 5.41) is 46.2. The molecule has 0 aromatic heterocycles. The highest BCUT2D eigenvalue weighted by molar-refractivity contribution is 6.24. The number of benzene rings is 2. The van der Waals surface area contributed by atoms with Crippen molar-refractivity contribution in [3.63, 3.8) is 0 Å². The van der Waals surface area contributed by atoms with Crippen LogP contribution in [0.1, 0.15) is 76.4 Å². The number of carbonyl (C=O) groups excluding carboxylic acids is 4. The van der Waals surface area contributed by atoms with Crippen LogP contribution >= 0.6 is 0 Å². The average molecular weight is 587 g/mol.